The molecule has 126 valence electrons. The van der Waals surface area contributed by atoms with E-state index in [9.17, 15) is 4.79 Å². The fourth-order valence-corrected chi connectivity index (χ4v) is 2.92. The highest BCUT2D eigenvalue weighted by Crippen LogP contribution is 2.24. The minimum atomic E-state index is 0.0707. The van der Waals surface area contributed by atoms with Crippen molar-refractivity contribution in [2.75, 3.05) is 0 Å². The van der Waals surface area contributed by atoms with Gasteiger partial charge in [0.2, 0.25) is 5.91 Å². The highest BCUT2D eigenvalue weighted by molar-refractivity contribution is 5.85. The summed E-state index contributed by atoms with van der Waals surface area (Å²) in [5, 5.41) is 8.19. The molecule has 2 heterocycles. The molecule has 1 amide bonds. The van der Waals surface area contributed by atoms with Crippen molar-refractivity contribution in [2.45, 2.75) is 46.6 Å². The second-order valence-corrected chi connectivity index (χ2v) is 6.17. The van der Waals surface area contributed by atoms with Crippen LogP contribution in [0.15, 0.2) is 28.8 Å². The lowest BCUT2D eigenvalue weighted by atomic mass is 10.1. The van der Waals surface area contributed by atoms with Gasteiger partial charge < -0.3 is 14.8 Å². The van der Waals surface area contributed by atoms with Crippen molar-refractivity contribution < 1.29 is 9.32 Å². The van der Waals surface area contributed by atoms with E-state index in [1.165, 1.54) is 16.6 Å². The van der Waals surface area contributed by atoms with Gasteiger partial charge in [-0.3, -0.25) is 4.79 Å². The van der Waals surface area contributed by atoms with Gasteiger partial charge in [-0.25, -0.2) is 0 Å². The number of H-pyrrole nitrogens is 1. The quantitative estimate of drug-likeness (QED) is 0.727. The molecule has 0 radical (unpaired) electrons. The molecule has 0 unspecified atom stereocenters. The van der Waals surface area contributed by atoms with Crippen LogP contribution in [0, 0.1) is 13.8 Å². The number of nitrogens with one attached hydrogen (secondary N) is 2. The number of aromatic amines is 1. The number of carbonyl (C=O) groups excluding carboxylic acids is 1. The Kier molecular flexibility index (Phi) is 4.69. The van der Waals surface area contributed by atoms with Gasteiger partial charge in [0.25, 0.3) is 0 Å². The maximum Gasteiger partial charge on any atom is 0.219 e. The van der Waals surface area contributed by atoms with E-state index in [2.05, 4.69) is 40.6 Å². The number of nitrogens with zero attached hydrogens (tertiary/aromatic N) is 1. The van der Waals surface area contributed by atoms with Crippen LogP contribution >= 0.6 is 0 Å². The van der Waals surface area contributed by atoms with Crippen LogP contribution in [0.2, 0.25) is 0 Å². The van der Waals surface area contributed by atoms with Gasteiger partial charge in [0.05, 0.1) is 5.69 Å². The molecule has 5 nitrogen and oxygen atoms in total. The van der Waals surface area contributed by atoms with Gasteiger partial charge in [-0.15, -0.1) is 0 Å². The Morgan fingerprint density at radius 3 is 2.79 bits per heavy atom. The summed E-state index contributed by atoms with van der Waals surface area (Å²) >= 11 is 0. The van der Waals surface area contributed by atoms with E-state index in [1.807, 2.05) is 19.9 Å². The van der Waals surface area contributed by atoms with Crippen LogP contribution in [-0.4, -0.2) is 16.0 Å². The lowest BCUT2D eigenvalue weighted by Crippen LogP contribution is -2.21. The number of hydrogen-bond acceptors (Lipinski definition) is 3. The molecule has 1 aromatic carbocycles. The summed E-state index contributed by atoms with van der Waals surface area (Å²) in [5.41, 5.74) is 5.69. The third kappa shape index (κ3) is 3.50. The summed E-state index contributed by atoms with van der Waals surface area (Å²) < 4.78 is 5.12. The number of rotatable bonds is 6. The van der Waals surface area contributed by atoms with Crippen LogP contribution in [0.1, 0.15) is 41.6 Å². The van der Waals surface area contributed by atoms with E-state index in [0.717, 1.165) is 35.4 Å². The lowest BCUT2D eigenvalue weighted by molar-refractivity contribution is -0.120. The highest BCUT2D eigenvalue weighted by Gasteiger charge is 2.10. The summed E-state index contributed by atoms with van der Waals surface area (Å²) in [7, 11) is 0. The SMILES string of the molecule is CCC(=O)NCc1ccc2c(C)c(CCc3cc(C)on3)[nH]c2c1. The number of carbonyl (C=O) groups is 1. The van der Waals surface area contributed by atoms with Crippen molar-refractivity contribution in [2.24, 2.45) is 0 Å². The Morgan fingerprint density at radius 1 is 1.25 bits per heavy atom. The molecule has 0 saturated heterocycles. The Bertz CT molecular complexity index is 861. The minimum Gasteiger partial charge on any atom is -0.361 e. The molecule has 0 saturated carbocycles. The Labute approximate surface area is 141 Å². The number of benzene rings is 1. The van der Waals surface area contributed by atoms with Gasteiger partial charge in [-0.05, 0) is 43.9 Å². The summed E-state index contributed by atoms with van der Waals surface area (Å²) in [4.78, 5) is 14.9. The number of amides is 1. The first kappa shape index (κ1) is 16.3. The van der Waals surface area contributed by atoms with Crippen LogP contribution in [0.4, 0.5) is 0 Å². The zero-order chi connectivity index (χ0) is 17.1. The van der Waals surface area contributed by atoms with Gasteiger partial charge in [-0.2, -0.15) is 0 Å². The van der Waals surface area contributed by atoms with Gasteiger partial charge in [0.1, 0.15) is 5.76 Å². The molecule has 3 rings (SSSR count). The lowest BCUT2D eigenvalue weighted by Gasteiger charge is -2.03. The summed E-state index contributed by atoms with van der Waals surface area (Å²) in [6, 6.07) is 8.29. The molecule has 5 heteroatoms. The van der Waals surface area contributed by atoms with Crippen LogP contribution in [0.3, 0.4) is 0 Å². The highest BCUT2D eigenvalue weighted by atomic mass is 16.5. The predicted molar refractivity (Wildman–Crippen MR) is 93.8 cm³/mol. The largest absolute Gasteiger partial charge is 0.361 e. The summed E-state index contributed by atoms with van der Waals surface area (Å²) in [5.74, 6) is 0.915. The first-order chi connectivity index (χ1) is 11.6. The summed E-state index contributed by atoms with van der Waals surface area (Å²) in [6.45, 7) is 6.47. The first-order valence-electron chi connectivity index (χ1n) is 8.35. The van der Waals surface area contributed by atoms with Gasteiger partial charge in [-0.1, -0.05) is 24.2 Å². The average molecular weight is 325 g/mol. The zero-order valence-electron chi connectivity index (χ0n) is 14.4. The fraction of sp³-hybridized carbons (Fsp3) is 0.368. The van der Waals surface area contributed by atoms with Crippen molar-refractivity contribution in [1.29, 1.82) is 0 Å². The number of fused-ring (bicyclic) bond motifs is 1. The van der Waals surface area contributed by atoms with E-state index in [4.69, 9.17) is 4.52 Å². The number of hydrogen-bond donors (Lipinski definition) is 2. The van der Waals surface area contributed by atoms with Gasteiger partial charge >= 0.3 is 0 Å². The summed E-state index contributed by atoms with van der Waals surface area (Å²) in [6.07, 6.45) is 2.26. The van der Waals surface area contributed by atoms with Crippen molar-refractivity contribution in [3.8, 4) is 0 Å². The normalized spacial score (nSPS) is 11.1. The Morgan fingerprint density at radius 2 is 2.08 bits per heavy atom. The van der Waals surface area contributed by atoms with Gasteiger partial charge in [0.15, 0.2) is 0 Å². The molecule has 0 aliphatic heterocycles. The molecule has 0 fully saturated rings. The molecule has 3 aromatic rings. The van der Waals surface area contributed by atoms with Crippen LogP contribution in [-0.2, 0) is 24.2 Å². The van der Waals surface area contributed by atoms with Crippen LogP contribution in [0.25, 0.3) is 10.9 Å². The monoisotopic (exact) mass is 325 g/mol. The molecular weight excluding hydrogens is 302 g/mol. The van der Waals surface area contributed by atoms with Gasteiger partial charge in [0, 0.05) is 35.6 Å². The molecular formula is C19H23N3O2. The fourth-order valence-electron chi connectivity index (χ4n) is 2.92. The molecule has 0 aliphatic rings. The van der Waals surface area contributed by atoms with Crippen molar-refractivity contribution in [3.05, 3.63) is 52.5 Å². The second kappa shape index (κ2) is 6.91. The molecule has 0 bridgehead atoms. The second-order valence-electron chi connectivity index (χ2n) is 6.17. The molecule has 2 aromatic heterocycles. The Balaban J connectivity index is 1.75. The third-order valence-electron chi connectivity index (χ3n) is 4.34. The van der Waals surface area contributed by atoms with E-state index in [0.29, 0.717) is 13.0 Å². The minimum absolute atomic E-state index is 0.0707. The van der Waals surface area contributed by atoms with Crippen LogP contribution in [0.5, 0.6) is 0 Å². The number of aromatic nitrogens is 2. The number of aryl methyl sites for hydroxylation is 4. The maximum absolute atomic E-state index is 11.4. The van der Waals surface area contributed by atoms with Crippen molar-refractivity contribution in [1.82, 2.24) is 15.5 Å². The topological polar surface area (TPSA) is 70.9 Å². The van der Waals surface area contributed by atoms with E-state index in [-0.39, 0.29) is 5.91 Å². The van der Waals surface area contributed by atoms with E-state index >= 15 is 0 Å². The third-order valence-corrected chi connectivity index (χ3v) is 4.34. The van der Waals surface area contributed by atoms with E-state index in [1.54, 1.807) is 0 Å². The van der Waals surface area contributed by atoms with Crippen molar-refractivity contribution >= 4 is 16.8 Å². The molecule has 2 N–H and O–H groups in total. The smallest absolute Gasteiger partial charge is 0.219 e. The molecule has 0 atom stereocenters. The Hall–Kier alpha value is -2.56. The maximum atomic E-state index is 11.4. The zero-order valence-corrected chi connectivity index (χ0v) is 14.4. The molecule has 24 heavy (non-hydrogen) atoms. The molecule has 0 aliphatic carbocycles. The first-order valence-corrected chi connectivity index (χ1v) is 8.35. The van der Waals surface area contributed by atoms with Crippen LogP contribution < -0.4 is 5.32 Å². The predicted octanol–water partition coefficient (Wildman–Crippen LogP) is 3.58. The average Bonchev–Trinajstić information content (AvgIpc) is 3.14. The van der Waals surface area contributed by atoms with Crippen molar-refractivity contribution in [3.63, 3.8) is 0 Å². The molecule has 0 spiro atoms. The van der Waals surface area contributed by atoms with E-state index < -0.39 is 0 Å². The standard InChI is InChI=1S/C19H23N3O2/c1-4-19(23)20-11-14-5-7-16-13(3)17(21-18(16)10-14)8-6-15-9-12(2)24-22-15/h5,7,9-10,21H,4,6,8,11H2,1-3H3,(H,20,23).